The highest BCUT2D eigenvalue weighted by molar-refractivity contribution is 7.71. The van der Waals surface area contributed by atoms with Gasteiger partial charge in [-0.2, -0.15) is 4.73 Å². The van der Waals surface area contributed by atoms with E-state index in [1.165, 1.54) is 11.7 Å². The maximum Gasteiger partial charge on any atom is 0.363 e. The summed E-state index contributed by atoms with van der Waals surface area (Å²) in [5, 5.41) is 10.6. The molecule has 1 heterocycles. The normalized spacial score (nSPS) is 12.6. The molecule has 4 nitrogen and oxygen atoms in total. The number of aromatic nitrogens is 1. The van der Waals surface area contributed by atoms with Crippen LogP contribution in [0.4, 0.5) is 0 Å². The van der Waals surface area contributed by atoms with Crippen molar-refractivity contribution >= 4 is 23.8 Å². The highest BCUT2D eigenvalue weighted by Gasteiger charge is 2.32. The number of carbonyl (C=O) groups excluding carboxylic acids is 1. The van der Waals surface area contributed by atoms with Crippen LogP contribution in [0.5, 0.6) is 0 Å². The Hall–Kier alpha value is -3.02. The monoisotopic (exact) mass is 419 g/mol. The van der Waals surface area contributed by atoms with E-state index >= 15 is 0 Å². The molecule has 0 bridgehead atoms. The van der Waals surface area contributed by atoms with Gasteiger partial charge in [0.2, 0.25) is 0 Å². The third-order valence-corrected chi connectivity index (χ3v) is 5.11. The molecule has 3 aromatic rings. The molecule has 0 spiro atoms. The number of hydrogen-bond acceptors (Lipinski definition) is 4. The quantitative estimate of drug-likeness (QED) is 0.401. The fourth-order valence-corrected chi connectivity index (χ4v) is 3.28. The van der Waals surface area contributed by atoms with Crippen LogP contribution < -0.4 is 4.84 Å². The van der Waals surface area contributed by atoms with Gasteiger partial charge in [0, 0.05) is 6.20 Å². The molecule has 30 heavy (non-hydrogen) atoms. The summed E-state index contributed by atoms with van der Waals surface area (Å²) < 4.78 is 1.55. The molecule has 154 valence electrons. The molecule has 0 fully saturated rings. The van der Waals surface area contributed by atoms with Crippen molar-refractivity contribution in [2.45, 2.75) is 31.8 Å². The fourth-order valence-electron chi connectivity index (χ4n) is 3.11. The van der Waals surface area contributed by atoms with Crippen LogP contribution in [0.2, 0.25) is 0 Å². The lowest BCUT2D eigenvalue weighted by Gasteiger charge is -2.21. The average Bonchev–Trinajstić information content (AvgIpc) is 2.76. The van der Waals surface area contributed by atoms with E-state index in [0.717, 1.165) is 16.7 Å². The SMILES string of the molecule is CC(O)(CCCC=C(c1ccccc1)c1ccccc1)C(=O)On1ccccc1=S. The Morgan fingerprint density at radius 3 is 2.13 bits per heavy atom. The summed E-state index contributed by atoms with van der Waals surface area (Å²) in [6.45, 7) is 1.47. The van der Waals surface area contributed by atoms with Gasteiger partial charge in [-0.05, 0) is 55.0 Å². The van der Waals surface area contributed by atoms with Crippen molar-refractivity contribution in [2.75, 3.05) is 0 Å². The first-order chi connectivity index (χ1) is 14.5. The summed E-state index contributed by atoms with van der Waals surface area (Å²) in [5.41, 5.74) is 1.80. The highest BCUT2D eigenvalue weighted by atomic mass is 32.1. The van der Waals surface area contributed by atoms with Crippen molar-refractivity contribution < 1.29 is 14.7 Å². The van der Waals surface area contributed by atoms with Crippen molar-refractivity contribution in [1.29, 1.82) is 0 Å². The Labute approximate surface area is 182 Å². The first-order valence-corrected chi connectivity index (χ1v) is 10.3. The number of benzene rings is 2. The largest absolute Gasteiger partial charge is 0.378 e. The first-order valence-electron chi connectivity index (χ1n) is 9.91. The molecule has 2 aromatic carbocycles. The van der Waals surface area contributed by atoms with Gasteiger partial charge in [0.25, 0.3) is 0 Å². The third-order valence-electron chi connectivity index (χ3n) is 4.80. The van der Waals surface area contributed by atoms with Gasteiger partial charge in [-0.25, -0.2) is 4.79 Å². The smallest absolute Gasteiger partial charge is 0.363 e. The Morgan fingerprint density at radius 1 is 1.00 bits per heavy atom. The summed E-state index contributed by atoms with van der Waals surface area (Å²) in [5.74, 6) is -0.722. The van der Waals surface area contributed by atoms with Gasteiger partial charge in [0.05, 0.1) is 0 Å². The molecular weight excluding hydrogens is 394 g/mol. The summed E-state index contributed by atoms with van der Waals surface area (Å²) >= 11 is 5.12. The summed E-state index contributed by atoms with van der Waals surface area (Å²) in [4.78, 5) is 17.6. The predicted octanol–water partition coefficient (Wildman–Crippen LogP) is 5.23. The number of carbonyl (C=O) groups is 1. The van der Waals surface area contributed by atoms with Gasteiger partial charge in [-0.3, -0.25) is 0 Å². The van der Waals surface area contributed by atoms with Crippen molar-refractivity contribution in [3.63, 3.8) is 0 Å². The molecule has 3 rings (SSSR count). The number of hydrogen-bond donors (Lipinski definition) is 1. The number of aliphatic hydroxyl groups is 1. The molecule has 0 saturated carbocycles. The Morgan fingerprint density at radius 2 is 1.57 bits per heavy atom. The lowest BCUT2D eigenvalue weighted by Crippen LogP contribution is -2.41. The molecular formula is C25H25NO3S. The van der Waals surface area contributed by atoms with Gasteiger partial charge in [0.1, 0.15) is 4.64 Å². The minimum absolute atomic E-state index is 0.277. The third kappa shape index (κ3) is 5.75. The van der Waals surface area contributed by atoms with Crippen LogP contribution in [0.3, 0.4) is 0 Å². The molecule has 1 aromatic heterocycles. The van der Waals surface area contributed by atoms with Crippen LogP contribution in [0.15, 0.2) is 91.1 Å². The maximum absolute atomic E-state index is 12.4. The van der Waals surface area contributed by atoms with Crippen molar-refractivity contribution in [3.8, 4) is 0 Å². The standard InChI is InChI=1S/C25H25NO3S/c1-25(28,24(27)29-26-19-11-9-17-23(26)30)18-10-8-16-22(20-12-4-2-5-13-20)21-14-6-3-7-15-21/h2-7,9,11-17,19,28H,8,10,18H2,1H3. The number of unbranched alkanes of at least 4 members (excludes halogenated alkanes) is 1. The second-order valence-electron chi connectivity index (χ2n) is 7.26. The van der Waals surface area contributed by atoms with Crippen LogP contribution in [0.25, 0.3) is 5.57 Å². The lowest BCUT2D eigenvalue weighted by atomic mass is 9.94. The predicted molar refractivity (Wildman–Crippen MR) is 121 cm³/mol. The number of nitrogens with zero attached hydrogens (tertiary/aromatic N) is 1. The molecule has 0 radical (unpaired) electrons. The van der Waals surface area contributed by atoms with E-state index in [0.29, 0.717) is 17.5 Å². The summed E-state index contributed by atoms with van der Waals surface area (Å²) in [6, 6.07) is 25.5. The molecule has 1 atom stereocenters. The Kier molecular flexibility index (Phi) is 7.33. The van der Waals surface area contributed by atoms with Gasteiger partial charge in [-0.1, -0.05) is 85.0 Å². The second kappa shape index (κ2) is 10.1. The van der Waals surface area contributed by atoms with E-state index in [2.05, 4.69) is 30.3 Å². The molecule has 0 aliphatic carbocycles. The Balaban J connectivity index is 1.66. The van der Waals surface area contributed by atoms with E-state index in [1.54, 1.807) is 24.4 Å². The van der Waals surface area contributed by atoms with Crippen LogP contribution in [-0.2, 0) is 4.79 Å². The zero-order valence-corrected chi connectivity index (χ0v) is 17.7. The van der Waals surface area contributed by atoms with Gasteiger partial charge < -0.3 is 9.94 Å². The number of allylic oxidation sites excluding steroid dienone is 1. The first kappa shape index (κ1) is 21.7. The molecule has 1 unspecified atom stereocenters. The van der Waals surface area contributed by atoms with Gasteiger partial charge in [0.15, 0.2) is 5.60 Å². The molecule has 5 heteroatoms. The average molecular weight is 420 g/mol. The van der Waals surface area contributed by atoms with E-state index in [9.17, 15) is 9.90 Å². The van der Waals surface area contributed by atoms with Crippen LogP contribution in [0, 0.1) is 4.64 Å². The zero-order chi connectivity index (χ0) is 21.4. The molecule has 0 amide bonds. The van der Waals surface area contributed by atoms with Crippen molar-refractivity contribution in [3.05, 3.63) is 107 Å². The van der Waals surface area contributed by atoms with E-state index in [1.807, 2.05) is 36.4 Å². The summed E-state index contributed by atoms with van der Waals surface area (Å²) in [7, 11) is 0. The number of rotatable bonds is 8. The minimum Gasteiger partial charge on any atom is -0.378 e. The zero-order valence-electron chi connectivity index (χ0n) is 16.9. The molecule has 0 saturated heterocycles. The van der Waals surface area contributed by atoms with Crippen molar-refractivity contribution in [1.82, 2.24) is 4.73 Å². The maximum atomic E-state index is 12.4. The minimum atomic E-state index is -1.60. The van der Waals surface area contributed by atoms with E-state index < -0.39 is 11.6 Å². The van der Waals surface area contributed by atoms with E-state index in [4.69, 9.17) is 17.1 Å². The highest BCUT2D eigenvalue weighted by Crippen LogP contribution is 2.25. The topological polar surface area (TPSA) is 51.5 Å². The van der Waals surface area contributed by atoms with Crippen molar-refractivity contribution in [2.24, 2.45) is 0 Å². The van der Waals surface area contributed by atoms with E-state index in [-0.39, 0.29) is 6.42 Å². The van der Waals surface area contributed by atoms with Crippen LogP contribution in [0.1, 0.15) is 37.3 Å². The lowest BCUT2D eigenvalue weighted by molar-refractivity contribution is -0.165. The molecule has 0 aliphatic heterocycles. The molecule has 0 aliphatic rings. The summed E-state index contributed by atoms with van der Waals surface area (Å²) in [6.07, 6.45) is 5.32. The fraction of sp³-hybridized carbons (Fsp3) is 0.200. The second-order valence-corrected chi connectivity index (χ2v) is 7.68. The van der Waals surface area contributed by atoms with Crippen LogP contribution in [-0.4, -0.2) is 21.4 Å². The van der Waals surface area contributed by atoms with Gasteiger partial charge in [-0.15, -0.1) is 0 Å². The Bertz CT molecular complexity index is 1010. The molecule has 1 N–H and O–H groups in total. The van der Waals surface area contributed by atoms with Crippen LogP contribution >= 0.6 is 12.2 Å². The van der Waals surface area contributed by atoms with Gasteiger partial charge >= 0.3 is 5.97 Å². The number of pyridine rings is 1.